The molecule has 0 atom stereocenters. The molecule has 0 bridgehead atoms. The average Bonchev–Trinajstić information content (AvgIpc) is 2.59. The number of carbonyl (C=O) groups is 4. The molecule has 0 aliphatic heterocycles. The van der Waals surface area contributed by atoms with Crippen LogP contribution in [-0.4, -0.2) is 50.2 Å². The van der Waals surface area contributed by atoms with Crippen molar-refractivity contribution >= 4 is 35.5 Å². The number of urea groups is 1. The Morgan fingerprint density at radius 3 is 2.52 bits per heavy atom. The minimum Gasteiger partial charge on any atom is -0.496 e. The summed E-state index contributed by atoms with van der Waals surface area (Å²) in [5.41, 5.74) is 1.34. The number of carbonyl (C=O) groups excluding carboxylic acids is 4. The van der Waals surface area contributed by atoms with Crippen molar-refractivity contribution in [1.82, 2.24) is 10.6 Å². The summed E-state index contributed by atoms with van der Waals surface area (Å²) in [4.78, 5) is 45.3. The molecule has 0 saturated heterocycles. The molecule has 0 aliphatic rings. The number of nitrogens with one attached hydrogen (secondary N) is 2. The molecule has 0 aromatic heterocycles. The maximum Gasteiger partial charge on any atom is 0.321 e. The predicted molar refractivity (Wildman–Crippen MR) is 92.7 cm³/mol. The molecule has 0 aliphatic carbocycles. The first-order chi connectivity index (χ1) is 11.9. The summed E-state index contributed by atoms with van der Waals surface area (Å²) in [5.74, 6) is -0.289. The SMILES string of the molecule is CNC(=O)NC(=O)COC(=O)CSCc1cc(C(C)=O)ccc1OC. The fourth-order valence-corrected chi connectivity index (χ4v) is 2.57. The van der Waals surface area contributed by atoms with Crippen molar-refractivity contribution in [2.45, 2.75) is 12.7 Å². The maximum atomic E-state index is 11.6. The number of imide groups is 1. The Labute approximate surface area is 149 Å². The number of hydrogen-bond donors (Lipinski definition) is 2. The first-order valence-electron chi connectivity index (χ1n) is 7.30. The first-order valence-corrected chi connectivity index (χ1v) is 8.45. The van der Waals surface area contributed by atoms with Crippen LogP contribution >= 0.6 is 11.8 Å². The van der Waals surface area contributed by atoms with Crippen molar-refractivity contribution in [1.29, 1.82) is 0 Å². The lowest BCUT2D eigenvalue weighted by molar-refractivity contribution is -0.145. The topological polar surface area (TPSA) is 111 Å². The highest BCUT2D eigenvalue weighted by molar-refractivity contribution is 7.99. The Morgan fingerprint density at radius 1 is 1.20 bits per heavy atom. The zero-order valence-electron chi connectivity index (χ0n) is 14.2. The third-order valence-electron chi connectivity index (χ3n) is 3.01. The molecule has 136 valence electrons. The second kappa shape index (κ2) is 10.3. The van der Waals surface area contributed by atoms with E-state index in [2.05, 4.69) is 5.32 Å². The Bertz CT molecular complexity index is 662. The van der Waals surface area contributed by atoms with Crippen molar-refractivity contribution < 1.29 is 28.7 Å². The number of amides is 3. The van der Waals surface area contributed by atoms with Crippen molar-refractivity contribution in [2.24, 2.45) is 0 Å². The number of esters is 1. The Balaban J connectivity index is 2.45. The number of Topliss-reactive ketones (excluding diaryl/α,β-unsaturated/α-hetero) is 1. The van der Waals surface area contributed by atoms with Crippen LogP contribution in [0.25, 0.3) is 0 Å². The van der Waals surface area contributed by atoms with Gasteiger partial charge in [-0.05, 0) is 25.1 Å². The smallest absolute Gasteiger partial charge is 0.321 e. The molecular formula is C16H20N2O6S. The van der Waals surface area contributed by atoms with E-state index in [0.29, 0.717) is 17.1 Å². The molecular weight excluding hydrogens is 348 g/mol. The van der Waals surface area contributed by atoms with Crippen molar-refractivity contribution in [2.75, 3.05) is 26.5 Å². The minimum absolute atomic E-state index is 0.0146. The standard InChI is InChI=1S/C16H20N2O6S/c1-10(19)11-4-5-13(23-3)12(6-11)8-25-9-15(21)24-7-14(20)18-16(22)17-2/h4-6H,7-9H2,1-3H3,(H2,17,18,20,22). The van der Waals surface area contributed by atoms with E-state index in [9.17, 15) is 19.2 Å². The molecule has 25 heavy (non-hydrogen) atoms. The van der Waals surface area contributed by atoms with E-state index >= 15 is 0 Å². The quantitative estimate of drug-likeness (QED) is 0.523. The fraction of sp³-hybridized carbons (Fsp3) is 0.375. The molecule has 0 spiro atoms. The van der Waals surface area contributed by atoms with Gasteiger partial charge >= 0.3 is 12.0 Å². The van der Waals surface area contributed by atoms with Crippen LogP contribution < -0.4 is 15.4 Å². The molecule has 2 N–H and O–H groups in total. The van der Waals surface area contributed by atoms with E-state index < -0.39 is 24.5 Å². The van der Waals surface area contributed by atoms with Gasteiger partial charge in [0.05, 0.1) is 12.9 Å². The van der Waals surface area contributed by atoms with Gasteiger partial charge in [-0.15, -0.1) is 11.8 Å². The van der Waals surface area contributed by atoms with Gasteiger partial charge in [-0.2, -0.15) is 0 Å². The lowest BCUT2D eigenvalue weighted by Gasteiger charge is -2.10. The summed E-state index contributed by atoms with van der Waals surface area (Å²) in [6.07, 6.45) is 0. The number of ether oxygens (including phenoxy) is 2. The van der Waals surface area contributed by atoms with E-state index in [1.165, 1.54) is 32.8 Å². The zero-order valence-corrected chi connectivity index (χ0v) is 15.0. The minimum atomic E-state index is -0.714. The van der Waals surface area contributed by atoms with Gasteiger partial charge in [0.1, 0.15) is 5.75 Å². The molecule has 3 amide bonds. The van der Waals surface area contributed by atoms with Crippen molar-refractivity contribution in [3.63, 3.8) is 0 Å². The number of ketones is 1. The molecule has 1 aromatic rings. The second-order valence-corrected chi connectivity index (χ2v) is 5.85. The molecule has 0 fully saturated rings. The monoisotopic (exact) mass is 368 g/mol. The molecule has 8 nitrogen and oxygen atoms in total. The van der Waals surface area contributed by atoms with Gasteiger partial charge in [0.15, 0.2) is 12.4 Å². The van der Waals surface area contributed by atoms with E-state index in [-0.39, 0.29) is 11.5 Å². The summed E-state index contributed by atoms with van der Waals surface area (Å²) in [6.45, 7) is 0.940. The molecule has 0 unspecified atom stereocenters. The van der Waals surface area contributed by atoms with E-state index in [4.69, 9.17) is 9.47 Å². The molecule has 0 heterocycles. The van der Waals surface area contributed by atoms with Gasteiger partial charge in [0.25, 0.3) is 5.91 Å². The number of hydrogen-bond acceptors (Lipinski definition) is 7. The summed E-state index contributed by atoms with van der Waals surface area (Å²) >= 11 is 1.26. The van der Waals surface area contributed by atoms with Gasteiger partial charge in [-0.3, -0.25) is 19.7 Å². The highest BCUT2D eigenvalue weighted by atomic mass is 32.2. The Morgan fingerprint density at radius 2 is 1.92 bits per heavy atom. The first kappa shape index (κ1) is 20.5. The van der Waals surface area contributed by atoms with Crippen LogP contribution in [-0.2, 0) is 20.1 Å². The molecule has 0 radical (unpaired) electrons. The van der Waals surface area contributed by atoms with E-state index in [1.807, 2.05) is 5.32 Å². The molecule has 1 aromatic carbocycles. The average molecular weight is 368 g/mol. The largest absolute Gasteiger partial charge is 0.496 e. The number of benzene rings is 1. The predicted octanol–water partition coefficient (Wildman–Crippen LogP) is 1.13. The van der Waals surface area contributed by atoms with Crippen LogP contribution in [0.3, 0.4) is 0 Å². The van der Waals surface area contributed by atoms with Crippen LogP contribution in [0.4, 0.5) is 4.79 Å². The highest BCUT2D eigenvalue weighted by Gasteiger charge is 2.12. The highest BCUT2D eigenvalue weighted by Crippen LogP contribution is 2.24. The van der Waals surface area contributed by atoms with E-state index in [0.717, 1.165) is 5.56 Å². The van der Waals surface area contributed by atoms with Crippen molar-refractivity contribution in [3.8, 4) is 5.75 Å². The Hall–Kier alpha value is -2.55. The number of methoxy groups -OCH3 is 1. The Kier molecular flexibility index (Phi) is 8.48. The van der Waals surface area contributed by atoms with Gasteiger partial charge in [-0.1, -0.05) is 0 Å². The van der Waals surface area contributed by atoms with Crippen LogP contribution in [0, 0.1) is 0 Å². The normalized spacial score (nSPS) is 9.88. The molecule has 9 heteroatoms. The summed E-state index contributed by atoms with van der Waals surface area (Å²) < 4.78 is 10.0. The van der Waals surface area contributed by atoms with Crippen LogP contribution in [0.2, 0.25) is 0 Å². The van der Waals surface area contributed by atoms with Crippen LogP contribution in [0.5, 0.6) is 5.75 Å². The number of rotatable bonds is 8. The third-order valence-corrected chi connectivity index (χ3v) is 3.96. The summed E-state index contributed by atoms with van der Waals surface area (Å²) in [6, 6.07) is 4.42. The van der Waals surface area contributed by atoms with Gasteiger partial charge in [0, 0.05) is 23.9 Å². The third kappa shape index (κ3) is 7.25. The van der Waals surface area contributed by atoms with Crippen LogP contribution in [0.1, 0.15) is 22.8 Å². The second-order valence-electron chi connectivity index (χ2n) is 4.86. The summed E-state index contributed by atoms with van der Waals surface area (Å²) in [7, 11) is 2.89. The lowest BCUT2D eigenvalue weighted by Crippen LogP contribution is -2.39. The fourth-order valence-electron chi connectivity index (χ4n) is 1.77. The number of thioether (sulfide) groups is 1. The molecule has 1 rings (SSSR count). The van der Waals surface area contributed by atoms with Gasteiger partial charge in [-0.25, -0.2) is 4.79 Å². The maximum absolute atomic E-state index is 11.6. The summed E-state index contributed by atoms with van der Waals surface area (Å²) in [5, 5.41) is 4.19. The van der Waals surface area contributed by atoms with Gasteiger partial charge < -0.3 is 14.8 Å². The van der Waals surface area contributed by atoms with E-state index in [1.54, 1.807) is 18.2 Å². The zero-order chi connectivity index (χ0) is 18.8. The molecule has 0 saturated carbocycles. The van der Waals surface area contributed by atoms with Gasteiger partial charge in [0.2, 0.25) is 0 Å². The van der Waals surface area contributed by atoms with Crippen LogP contribution in [0.15, 0.2) is 18.2 Å². The lowest BCUT2D eigenvalue weighted by atomic mass is 10.1. The van der Waals surface area contributed by atoms with Crippen molar-refractivity contribution in [3.05, 3.63) is 29.3 Å².